The van der Waals surface area contributed by atoms with Gasteiger partial charge >= 0.3 is 0 Å². The summed E-state index contributed by atoms with van der Waals surface area (Å²) in [7, 11) is 0. The Morgan fingerprint density at radius 2 is 2.28 bits per heavy atom. The summed E-state index contributed by atoms with van der Waals surface area (Å²) in [5.41, 5.74) is 0.799. The predicted molar refractivity (Wildman–Crippen MR) is 70.9 cm³/mol. The maximum atomic E-state index is 10.7. The van der Waals surface area contributed by atoms with E-state index in [-0.39, 0.29) is 10.7 Å². The van der Waals surface area contributed by atoms with Gasteiger partial charge in [0.2, 0.25) is 0 Å². The molecule has 0 amide bonds. The molecule has 0 aromatic heterocycles. The van der Waals surface area contributed by atoms with E-state index in [1.54, 1.807) is 12.1 Å². The lowest BCUT2D eigenvalue weighted by Gasteiger charge is -2.05. The number of benzene rings is 1. The minimum atomic E-state index is -0.471. The third-order valence-corrected chi connectivity index (χ3v) is 2.70. The van der Waals surface area contributed by atoms with E-state index in [1.165, 1.54) is 6.07 Å². The molecule has 1 aromatic carbocycles. The van der Waals surface area contributed by atoms with Crippen molar-refractivity contribution in [3.8, 4) is 0 Å². The van der Waals surface area contributed by atoms with Crippen LogP contribution >= 0.6 is 11.6 Å². The Morgan fingerprint density at radius 1 is 1.50 bits per heavy atom. The first kappa shape index (κ1) is 14.9. The molecule has 0 atom stereocenters. The van der Waals surface area contributed by atoms with Crippen LogP contribution in [-0.2, 0) is 11.3 Å². The molecule has 0 saturated heterocycles. The second-order valence-electron chi connectivity index (χ2n) is 3.77. The summed E-state index contributed by atoms with van der Waals surface area (Å²) in [4.78, 5) is 10.2. The zero-order valence-electron chi connectivity index (χ0n) is 10.3. The number of nitro benzene ring substituents is 1. The third kappa shape index (κ3) is 5.00. The highest BCUT2D eigenvalue weighted by Crippen LogP contribution is 2.24. The molecule has 0 aliphatic carbocycles. The molecule has 0 saturated carbocycles. The summed E-state index contributed by atoms with van der Waals surface area (Å²) >= 11 is 5.73. The second-order valence-corrected chi connectivity index (χ2v) is 4.18. The van der Waals surface area contributed by atoms with Crippen molar-refractivity contribution in [3.05, 3.63) is 38.9 Å². The van der Waals surface area contributed by atoms with Crippen molar-refractivity contribution in [1.82, 2.24) is 5.32 Å². The van der Waals surface area contributed by atoms with Crippen LogP contribution < -0.4 is 5.32 Å². The standard InChI is InChI=1S/C12H17ClN2O3/c1-2-18-7-3-6-14-9-10-4-5-11(13)12(8-10)15(16)17/h4-5,8,14H,2-3,6-7,9H2,1H3. The van der Waals surface area contributed by atoms with Crippen LogP contribution in [0.2, 0.25) is 5.02 Å². The molecule has 1 rings (SSSR count). The van der Waals surface area contributed by atoms with Gasteiger partial charge in [0.1, 0.15) is 5.02 Å². The van der Waals surface area contributed by atoms with Crippen LogP contribution in [0.1, 0.15) is 18.9 Å². The van der Waals surface area contributed by atoms with Gasteiger partial charge in [-0.05, 0) is 31.5 Å². The molecule has 0 spiro atoms. The van der Waals surface area contributed by atoms with Gasteiger partial charge in [-0.15, -0.1) is 0 Å². The summed E-state index contributed by atoms with van der Waals surface area (Å²) in [5.74, 6) is 0. The highest BCUT2D eigenvalue weighted by molar-refractivity contribution is 6.32. The molecule has 18 heavy (non-hydrogen) atoms. The molecule has 1 N–H and O–H groups in total. The lowest BCUT2D eigenvalue weighted by molar-refractivity contribution is -0.384. The molecule has 0 aliphatic heterocycles. The van der Waals surface area contributed by atoms with E-state index < -0.39 is 4.92 Å². The van der Waals surface area contributed by atoms with Gasteiger partial charge in [0.25, 0.3) is 5.69 Å². The second kappa shape index (κ2) is 8.02. The van der Waals surface area contributed by atoms with Gasteiger partial charge in [-0.2, -0.15) is 0 Å². The first-order valence-electron chi connectivity index (χ1n) is 5.86. The highest BCUT2D eigenvalue weighted by atomic mass is 35.5. The van der Waals surface area contributed by atoms with Crippen LogP contribution in [0.3, 0.4) is 0 Å². The molecule has 1 aromatic rings. The van der Waals surface area contributed by atoms with Crippen molar-refractivity contribution >= 4 is 17.3 Å². The molecule has 0 aliphatic rings. The topological polar surface area (TPSA) is 64.4 Å². The van der Waals surface area contributed by atoms with Gasteiger partial charge in [-0.25, -0.2) is 0 Å². The maximum absolute atomic E-state index is 10.7. The minimum absolute atomic E-state index is 0.0507. The first-order chi connectivity index (χ1) is 8.65. The number of halogens is 1. The Morgan fingerprint density at radius 3 is 2.94 bits per heavy atom. The van der Waals surface area contributed by atoms with Crippen molar-refractivity contribution in [3.63, 3.8) is 0 Å². The van der Waals surface area contributed by atoms with Crippen LogP contribution in [0.25, 0.3) is 0 Å². The van der Waals surface area contributed by atoms with E-state index in [4.69, 9.17) is 16.3 Å². The monoisotopic (exact) mass is 272 g/mol. The summed E-state index contributed by atoms with van der Waals surface area (Å²) in [5, 5.41) is 14.1. The fraction of sp³-hybridized carbons (Fsp3) is 0.500. The summed E-state index contributed by atoms with van der Waals surface area (Å²) in [6.45, 7) is 4.81. The summed E-state index contributed by atoms with van der Waals surface area (Å²) in [6, 6.07) is 4.83. The van der Waals surface area contributed by atoms with Crippen LogP contribution in [0.5, 0.6) is 0 Å². The fourth-order valence-electron chi connectivity index (χ4n) is 1.48. The van der Waals surface area contributed by atoms with E-state index >= 15 is 0 Å². The third-order valence-electron chi connectivity index (χ3n) is 2.38. The van der Waals surface area contributed by atoms with Gasteiger partial charge in [-0.3, -0.25) is 10.1 Å². The Balaban J connectivity index is 2.38. The molecular weight excluding hydrogens is 256 g/mol. The van der Waals surface area contributed by atoms with Crippen molar-refractivity contribution in [2.45, 2.75) is 19.9 Å². The molecule has 0 bridgehead atoms. The normalized spacial score (nSPS) is 10.6. The highest BCUT2D eigenvalue weighted by Gasteiger charge is 2.12. The molecule has 0 fully saturated rings. The van der Waals surface area contributed by atoms with Crippen LogP contribution in [-0.4, -0.2) is 24.7 Å². The van der Waals surface area contributed by atoms with Gasteiger partial charge in [0, 0.05) is 25.8 Å². The van der Waals surface area contributed by atoms with E-state index in [1.807, 2.05) is 6.92 Å². The maximum Gasteiger partial charge on any atom is 0.288 e. The molecule has 5 nitrogen and oxygen atoms in total. The largest absolute Gasteiger partial charge is 0.382 e. The van der Waals surface area contributed by atoms with E-state index in [0.29, 0.717) is 6.54 Å². The SMILES string of the molecule is CCOCCCNCc1ccc(Cl)c([N+](=O)[O-])c1. The van der Waals surface area contributed by atoms with Crippen molar-refractivity contribution < 1.29 is 9.66 Å². The van der Waals surface area contributed by atoms with Crippen LogP contribution in [0.4, 0.5) is 5.69 Å². The Hall–Kier alpha value is -1.17. The van der Waals surface area contributed by atoms with E-state index in [2.05, 4.69) is 5.32 Å². The number of nitrogens with zero attached hydrogens (tertiary/aromatic N) is 1. The minimum Gasteiger partial charge on any atom is -0.382 e. The summed E-state index contributed by atoms with van der Waals surface area (Å²) in [6.07, 6.45) is 0.920. The first-order valence-corrected chi connectivity index (χ1v) is 6.24. The fourth-order valence-corrected chi connectivity index (χ4v) is 1.67. The zero-order chi connectivity index (χ0) is 13.4. The Labute approximate surface area is 111 Å². The van der Waals surface area contributed by atoms with Crippen molar-refractivity contribution in [2.75, 3.05) is 19.8 Å². The van der Waals surface area contributed by atoms with Gasteiger partial charge in [0.15, 0.2) is 0 Å². The zero-order valence-corrected chi connectivity index (χ0v) is 11.1. The number of rotatable bonds is 8. The lowest BCUT2D eigenvalue weighted by atomic mass is 10.2. The Bertz CT molecular complexity index is 399. The molecule has 0 unspecified atom stereocenters. The number of hydrogen-bond donors (Lipinski definition) is 1. The molecular formula is C12H17ClN2O3. The average molecular weight is 273 g/mol. The van der Waals surface area contributed by atoms with Crippen molar-refractivity contribution in [2.24, 2.45) is 0 Å². The number of nitro groups is 1. The van der Waals surface area contributed by atoms with Crippen LogP contribution in [0.15, 0.2) is 18.2 Å². The Kier molecular flexibility index (Phi) is 6.64. The molecule has 0 radical (unpaired) electrons. The molecule has 100 valence electrons. The average Bonchev–Trinajstić information content (AvgIpc) is 2.35. The smallest absolute Gasteiger partial charge is 0.288 e. The van der Waals surface area contributed by atoms with Gasteiger partial charge in [0.05, 0.1) is 4.92 Å². The number of ether oxygens (including phenoxy) is 1. The predicted octanol–water partition coefficient (Wildman–Crippen LogP) is 2.76. The van der Waals surface area contributed by atoms with Gasteiger partial charge < -0.3 is 10.1 Å². The molecule has 0 heterocycles. The van der Waals surface area contributed by atoms with E-state index in [9.17, 15) is 10.1 Å². The lowest BCUT2D eigenvalue weighted by Crippen LogP contribution is -2.16. The summed E-state index contributed by atoms with van der Waals surface area (Å²) < 4.78 is 5.21. The van der Waals surface area contributed by atoms with E-state index in [0.717, 1.165) is 31.7 Å². The number of hydrogen-bond acceptors (Lipinski definition) is 4. The number of nitrogens with one attached hydrogen (secondary N) is 1. The molecule has 6 heteroatoms. The van der Waals surface area contributed by atoms with Crippen LogP contribution in [0, 0.1) is 10.1 Å². The van der Waals surface area contributed by atoms with Gasteiger partial charge in [-0.1, -0.05) is 17.7 Å². The van der Waals surface area contributed by atoms with Crippen molar-refractivity contribution in [1.29, 1.82) is 0 Å². The quantitative estimate of drug-likeness (QED) is 0.449.